The van der Waals surface area contributed by atoms with Crippen LogP contribution in [0.1, 0.15) is 12.5 Å². The van der Waals surface area contributed by atoms with E-state index in [1.54, 1.807) is 30.3 Å². The van der Waals surface area contributed by atoms with Gasteiger partial charge in [-0.15, -0.1) is 0 Å². The number of carbonyl (C=O) groups is 2. The van der Waals surface area contributed by atoms with Crippen molar-refractivity contribution < 1.29 is 14.3 Å². The van der Waals surface area contributed by atoms with Crippen molar-refractivity contribution in [2.45, 2.75) is 6.92 Å². The van der Waals surface area contributed by atoms with Crippen molar-refractivity contribution in [1.82, 2.24) is 9.88 Å². The summed E-state index contributed by atoms with van der Waals surface area (Å²) in [5.41, 5.74) is 2.29. The molecule has 4 rings (SSSR count). The summed E-state index contributed by atoms with van der Waals surface area (Å²) < 4.78 is 7.36. The van der Waals surface area contributed by atoms with Crippen LogP contribution in [0.3, 0.4) is 0 Å². The molecule has 1 saturated heterocycles. The van der Waals surface area contributed by atoms with Crippen LogP contribution in [-0.2, 0) is 9.59 Å². The topological polar surface area (TPSA) is 63.6 Å². The molecule has 0 saturated carbocycles. The van der Waals surface area contributed by atoms with Crippen molar-refractivity contribution in [3.63, 3.8) is 0 Å². The Labute approximate surface area is 179 Å². The van der Waals surface area contributed by atoms with Crippen LogP contribution in [0.4, 0.5) is 5.69 Å². The molecule has 2 heterocycles. The number of aromatic nitrogens is 1. The predicted molar refractivity (Wildman–Crippen MR) is 120 cm³/mol. The molecule has 1 aromatic heterocycles. The van der Waals surface area contributed by atoms with Gasteiger partial charge in [0.25, 0.3) is 11.8 Å². The average Bonchev–Trinajstić information content (AvgIpc) is 3.22. The van der Waals surface area contributed by atoms with Crippen LogP contribution < -0.4 is 15.0 Å². The lowest BCUT2D eigenvalue weighted by Crippen LogP contribution is -2.54. The summed E-state index contributed by atoms with van der Waals surface area (Å²) in [7, 11) is 0. The molecule has 0 radical (unpaired) electrons. The molecule has 7 heteroatoms. The third-order valence-electron chi connectivity index (χ3n) is 4.59. The van der Waals surface area contributed by atoms with Crippen LogP contribution in [0.15, 0.2) is 78.6 Å². The van der Waals surface area contributed by atoms with E-state index in [1.807, 2.05) is 60.3 Å². The molecule has 0 bridgehead atoms. The molecule has 150 valence electrons. The maximum Gasteiger partial charge on any atom is 0.270 e. The predicted octanol–water partition coefficient (Wildman–Crippen LogP) is 3.71. The van der Waals surface area contributed by atoms with Gasteiger partial charge in [-0.1, -0.05) is 18.2 Å². The Morgan fingerprint density at radius 1 is 1.00 bits per heavy atom. The molecular formula is C23H19N3O3S. The van der Waals surface area contributed by atoms with Gasteiger partial charge < -0.3 is 9.30 Å². The number of amides is 2. The van der Waals surface area contributed by atoms with Crippen LogP contribution in [0.2, 0.25) is 0 Å². The fourth-order valence-corrected chi connectivity index (χ4v) is 3.46. The number of rotatable bonds is 5. The van der Waals surface area contributed by atoms with E-state index in [0.29, 0.717) is 18.0 Å². The van der Waals surface area contributed by atoms with E-state index in [-0.39, 0.29) is 10.7 Å². The van der Waals surface area contributed by atoms with Crippen LogP contribution in [-0.4, -0.2) is 28.1 Å². The van der Waals surface area contributed by atoms with Gasteiger partial charge in [0.15, 0.2) is 5.11 Å². The zero-order valence-corrected chi connectivity index (χ0v) is 17.1. The lowest BCUT2D eigenvalue weighted by Gasteiger charge is -2.29. The van der Waals surface area contributed by atoms with E-state index in [0.717, 1.165) is 11.3 Å². The highest BCUT2D eigenvalue weighted by Gasteiger charge is 2.34. The number of hydrogen-bond acceptors (Lipinski definition) is 4. The van der Waals surface area contributed by atoms with Crippen molar-refractivity contribution in [2.24, 2.45) is 0 Å². The molecule has 6 nitrogen and oxygen atoms in total. The first-order valence-corrected chi connectivity index (χ1v) is 9.85. The summed E-state index contributed by atoms with van der Waals surface area (Å²) in [6, 6.07) is 18.6. The van der Waals surface area contributed by atoms with Crippen LogP contribution in [0, 0.1) is 0 Å². The molecule has 1 fully saturated rings. The van der Waals surface area contributed by atoms with E-state index in [9.17, 15) is 9.59 Å². The Hall–Kier alpha value is -3.71. The van der Waals surface area contributed by atoms with Crippen molar-refractivity contribution >= 4 is 40.9 Å². The maximum atomic E-state index is 13.1. The molecule has 1 aliphatic heterocycles. The van der Waals surface area contributed by atoms with Gasteiger partial charge in [0, 0.05) is 18.1 Å². The van der Waals surface area contributed by atoms with Gasteiger partial charge in [-0.2, -0.15) is 0 Å². The minimum absolute atomic E-state index is 0.0169. The standard InChI is InChI=1S/C23H19N3O3S/c1-2-29-19-10-8-18(9-11-19)26-22(28)20(21(27)24-23(26)30)14-16-12-13-25(15-16)17-6-4-3-5-7-17/h3-15H,2H2,1H3,(H,24,27,30)/b20-14-. The highest BCUT2D eigenvalue weighted by atomic mass is 32.1. The second kappa shape index (κ2) is 8.34. The third kappa shape index (κ3) is 3.88. The van der Waals surface area contributed by atoms with Crippen molar-refractivity contribution in [2.75, 3.05) is 11.5 Å². The number of benzene rings is 2. The number of nitrogens with zero attached hydrogens (tertiary/aromatic N) is 2. The Bertz CT molecular complexity index is 1130. The van der Waals surface area contributed by atoms with Crippen molar-refractivity contribution in [1.29, 1.82) is 0 Å². The molecule has 1 N–H and O–H groups in total. The zero-order valence-electron chi connectivity index (χ0n) is 16.2. The van der Waals surface area contributed by atoms with E-state index in [2.05, 4.69) is 5.32 Å². The highest BCUT2D eigenvalue weighted by molar-refractivity contribution is 7.80. The van der Waals surface area contributed by atoms with E-state index in [1.165, 1.54) is 4.90 Å². The minimum atomic E-state index is -0.514. The lowest BCUT2D eigenvalue weighted by molar-refractivity contribution is -0.122. The largest absolute Gasteiger partial charge is 0.494 e. The molecule has 0 atom stereocenters. The van der Waals surface area contributed by atoms with Gasteiger partial charge in [-0.3, -0.25) is 19.8 Å². The van der Waals surface area contributed by atoms with E-state index in [4.69, 9.17) is 17.0 Å². The number of hydrogen-bond donors (Lipinski definition) is 1. The second-order valence-corrected chi connectivity index (χ2v) is 6.96. The number of carbonyl (C=O) groups excluding carboxylic acids is 2. The molecule has 0 unspecified atom stereocenters. The summed E-state index contributed by atoms with van der Waals surface area (Å²) in [6.45, 7) is 2.45. The summed E-state index contributed by atoms with van der Waals surface area (Å²) in [5, 5.41) is 2.65. The Kier molecular flexibility index (Phi) is 5.45. The van der Waals surface area contributed by atoms with Crippen LogP contribution >= 0.6 is 12.2 Å². The fraction of sp³-hybridized carbons (Fsp3) is 0.0870. The van der Waals surface area contributed by atoms with Gasteiger partial charge >= 0.3 is 0 Å². The van der Waals surface area contributed by atoms with Gasteiger partial charge in [-0.05, 0) is 73.2 Å². The average molecular weight is 417 g/mol. The Morgan fingerprint density at radius 3 is 2.43 bits per heavy atom. The van der Waals surface area contributed by atoms with Crippen molar-refractivity contribution in [3.05, 3.63) is 84.2 Å². The third-order valence-corrected chi connectivity index (χ3v) is 4.87. The van der Waals surface area contributed by atoms with Crippen LogP contribution in [0.25, 0.3) is 11.8 Å². The molecule has 1 aliphatic rings. The number of nitrogens with one attached hydrogen (secondary N) is 1. The summed E-state index contributed by atoms with van der Waals surface area (Å²) in [5.74, 6) is -0.293. The van der Waals surface area contributed by atoms with Gasteiger partial charge in [0.2, 0.25) is 0 Å². The first-order valence-electron chi connectivity index (χ1n) is 9.44. The zero-order chi connectivity index (χ0) is 21.1. The summed E-state index contributed by atoms with van der Waals surface area (Å²) in [4.78, 5) is 26.9. The molecule has 0 aliphatic carbocycles. The van der Waals surface area contributed by atoms with E-state index >= 15 is 0 Å². The molecular weight excluding hydrogens is 398 g/mol. The van der Waals surface area contributed by atoms with E-state index < -0.39 is 11.8 Å². The lowest BCUT2D eigenvalue weighted by atomic mass is 10.1. The smallest absolute Gasteiger partial charge is 0.270 e. The first kappa shape index (κ1) is 19.6. The number of para-hydroxylation sites is 1. The molecule has 30 heavy (non-hydrogen) atoms. The molecule has 2 amide bonds. The van der Waals surface area contributed by atoms with Gasteiger partial charge in [-0.25, -0.2) is 0 Å². The quantitative estimate of drug-likeness (QED) is 0.391. The molecule has 3 aromatic rings. The normalized spacial score (nSPS) is 15.4. The highest BCUT2D eigenvalue weighted by Crippen LogP contribution is 2.24. The Morgan fingerprint density at radius 2 is 1.73 bits per heavy atom. The SMILES string of the molecule is CCOc1ccc(N2C(=O)/C(=C\c3ccn(-c4ccccc4)c3)C(=O)NC2=S)cc1. The second-order valence-electron chi connectivity index (χ2n) is 6.57. The fourth-order valence-electron chi connectivity index (χ4n) is 3.18. The maximum absolute atomic E-state index is 13.1. The van der Waals surface area contributed by atoms with Crippen LogP contribution in [0.5, 0.6) is 5.75 Å². The van der Waals surface area contributed by atoms with Gasteiger partial charge in [0.1, 0.15) is 11.3 Å². The number of anilines is 1. The number of thiocarbonyl (C=S) groups is 1. The Balaban J connectivity index is 1.63. The molecule has 2 aromatic carbocycles. The summed E-state index contributed by atoms with van der Waals surface area (Å²) in [6.07, 6.45) is 5.30. The minimum Gasteiger partial charge on any atom is -0.494 e. The number of ether oxygens (including phenoxy) is 1. The van der Waals surface area contributed by atoms with Gasteiger partial charge in [0.05, 0.1) is 12.3 Å². The monoisotopic (exact) mass is 417 g/mol. The van der Waals surface area contributed by atoms with Crippen molar-refractivity contribution in [3.8, 4) is 11.4 Å². The summed E-state index contributed by atoms with van der Waals surface area (Å²) >= 11 is 5.24. The molecule has 0 spiro atoms. The first-order chi connectivity index (χ1) is 14.6.